The number of likely N-dealkylation sites (tertiary alicyclic amines) is 1. The van der Waals surface area contributed by atoms with Gasteiger partial charge in [-0.3, -0.25) is 9.69 Å². The van der Waals surface area contributed by atoms with Crippen LogP contribution in [0.1, 0.15) is 35.7 Å². The lowest BCUT2D eigenvalue weighted by atomic mass is 10.1. The number of benzene rings is 1. The van der Waals surface area contributed by atoms with E-state index in [0.29, 0.717) is 23.7 Å². The third kappa shape index (κ3) is 2.72. The van der Waals surface area contributed by atoms with Gasteiger partial charge < -0.3 is 0 Å². The van der Waals surface area contributed by atoms with Crippen LogP contribution < -0.4 is 0 Å². The van der Waals surface area contributed by atoms with Crippen LogP contribution in [0, 0.1) is 11.3 Å². The van der Waals surface area contributed by atoms with Gasteiger partial charge in [0.25, 0.3) is 0 Å². The zero-order valence-corrected chi connectivity index (χ0v) is 10.0. The fourth-order valence-electron chi connectivity index (χ4n) is 2.23. The van der Waals surface area contributed by atoms with Crippen LogP contribution in [0.25, 0.3) is 0 Å². The smallest absolute Gasteiger partial charge is 0.176 e. The maximum absolute atomic E-state index is 12.0. The Morgan fingerprint density at radius 1 is 1.47 bits per heavy atom. The third-order valence-corrected chi connectivity index (χ3v) is 3.37. The fourth-order valence-corrected chi connectivity index (χ4v) is 2.23. The molecule has 3 nitrogen and oxygen atoms in total. The van der Waals surface area contributed by atoms with E-state index in [9.17, 15) is 4.79 Å². The van der Waals surface area contributed by atoms with Crippen molar-refractivity contribution < 1.29 is 4.79 Å². The summed E-state index contributed by atoms with van der Waals surface area (Å²) in [5.41, 5.74) is 1.29. The summed E-state index contributed by atoms with van der Waals surface area (Å²) in [4.78, 5) is 14.2. The number of ketones is 1. The first kappa shape index (κ1) is 11.8. The number of Topliss-reactive ketones (excluding diaryl/α,β-unsaturated/α-hetero) is 1. The minimum Gasteiger partial charge on any atom is -0.293 e. The molecule has 17 heavy (non-hydrogen) atoms. The number of carbonyl (C=O) groups excluding carboxylic acids is 1. The highest BCUT2D eigenvalue weighted by atomic mass is 16.1. The largest absolute Gasteiger partial charge is 0.293 e. The maximum atomic E-state index is 12.0. The molecule has 1 fully saturated rings. The van der Waals surface area contributed by atoms with E-state index in [4.69, 9.17) is 5.26 Å². The molecule has 1 aromatic carbocycles. The van der Waals surface area contributed by atoms with Crippen LogP contribution in [-0.4, -0.2) is 29.8 Å². The molecule has 3 heteroatoms. The van der Waals surface area contributed by atoms with Crippen LogP contribution in [0.15, 0.2) is 24.3 Å². The number of rotatable bonds is 3. The van der Waals surface area contributed by atoms with E-state index < -0.39 is 0 Å². The van der Waals surface area contributed by atoms with Gasteiger partial charge in [-0.25, -0.2) is 0 Å². The van der Waals surface area contributed by atoms with Crippen LogP contribution >= 0.6 is 0 Å². The second-order valence-corrected chi connectivity index (χ2v) is 4.57. The van der Waals surface area contributed by atoms with Crippen molar-refractivity contribution in [3.05, 3.63) is 35.4 Å². The summed E-state index contributed by atoms with van der Waals surface area (Å²) in [6, 6.07) is 9.43. The van der Waals surface area contributed by atoms with E-state index in [2.05, 4.69) is 17.9 Å². The molecule has 1 unspecified atom stereocenters. The van der Waals surface area contributed by atoms with Crippen LogP contribution in [0.5, 0.6) is 0 Å². The highest BCUT2D eigenvalue weighted by Gasteiger charge is 2.22. The molecule has 0 aromatic heterocycles. The van der Waals surface area contributed by atoms with Crippen LogP contribution in [-0.2, 0) is 0 Å². The summed E-state index contributed by atoms with van der Waals surface area (Å²) in [5.74, 6) is 0.142. The molecule has 0 spiro atoms. The lowest BCUT2D eigenvalue weighted by Gasteiger charge is -2.19. The minimum atomic E-state index is 0.142. The molecule has 88 valence electrons. The first-order chi connectivity index (χ1) is 8.20. The number of hydrogen-bond acceptors (Lipinski definition) is 3. The summed E-state index contributed by atoms with van der Waals surface area (Å²) in [6.45, 7) is 3.68. The van der Waals surface area contributed by atoms with Crippen molar-refractivity contribution in [2.24, 2.45) is 0 Å². The van der Waals surface area contributed by atoms with Crippen molar-refractivity contribution >= 4 is 5.78 Å². The number of nitrogens with zero attached hydrogens (tertiary/aromatic N) is 2. The first-order valence-electron chi connectivity index (χ1n) is 5.98. The lowest BCUT2D eigenvalue weighted by molar-refractivity contribution is 0.0926. The molecule has 0 aliphatic carbocycles. The van der Waals surface area contributed by atoms with E-state index >= 15 is 0 Å². The van der Waals surface area contributed by atoms with Gasteiger partial charge in [-0.15, -0.1) is 0 Å². The first-order valence-corrected chi connectivity index (χ1v) is 5.98. The molecule has 2 rings (SSSR count). The van der Waals surface area contributed by atoms with E-state index in [-0.39, 0.29) is 5.78 Å². The van der Waals surface area contributed by atoms with Gasteiger partial charge in [0.2, 0.25) is 0 Å². The Bertz CT molecular complexity index is 444. The van der Waals surface area contributed by atoms with Gasteiger partial charge in [-0.2, -0.15) is 5.26 Å². The van der Waals surface area contributed by atoms with Crippen molar-refractivity contribution in [2.45, 2.75) is 25.8 Å². The molecule has 1 aliphatic rings. The monoisotopic (exact) mass is 228 g/mol. The van der Waals surface area contributed by atoms with E-state index in [1.165, 1.54) is 12.8 Å². The molecule has 1 atom stereocenters. The van der Waals surface area contributed by atoms with Crippen molar-refractivity contribution in [3.8, 4) is 6.07 Å². The Morgan fingerprint density at radius 2 is 2.18 bits per heavy atom. The molecule has 1 heterocycles. The predicted molar refractivity (Wildman–Crippen MR) is 65.8 cm³/mol. The summed E-state index contributed by atoms with van der Waals surface area (Å²) in [7, 11) is 0. The van der Waals surface area contributed by atoms with Gasteiger partial charge >= 0.3 is 0 Å². The zero-order chi connectivity index (χ0) is 12.3. The van der Waals surface area contributed by atoms with Gasteiger partial charge in [-0.05, 0) is 38.4 Å². The molecule has 0 radical (unpaired) electrons. The zero-order valence-electron chi connectivity index (χ0n) is 10.0. The van der Waals surface area contributed by atoms with Crippen LogP contribution in [0.4, 0.5) is 0 Å². The molecule has 0 amide bonds. The summed E-state index contributed by atoms with van der Waals surface area (Å²) < 4.78 is 0. The second kappa shape index (κ2) is 5.11. The number of nitriles is 1. The number of hydrogen-bond donors (Lipinski definition) is 0. The molecular formula is C14H16N2O. The van der Waals surface area contributed by atoms with Gasteiger partial charge in [0, 0.05) is 11.6 Å². The average molecular weight is 228 g/mol. The molecule has 1 saturated heterocycles. The van der Waals surface area contributed by atoms with Gasteiger partial charge in [0.1, 0.15) is 0 Å². The maximum Gasteiger partial charge on any atom is 0.176 e. The Hall–Kier alpha value is -1.66. The Morgan fingerprint density at radius 3 is 2.71 bits per heavy atom. The topological polar surface area (TPSA) is 44.1 Å². The molecule has 0 bridgehead atoms. The lowest BCUT2D eigenvalue weighted by Crippen LogP contribution is -2.32. The fraction of sp³-hybridized carbons (Fsp3) is 0.429. The van der Waals surface area contributed by atoms with Gasteiger partial charge in [0.15, 0.2) is 5.78 Å². The van der Waals surface area contributed by atoms with Crippen LogP contribution in [0.2, 0.25) is 0 Å². The molecule has 1 aliphatic heterocycles. The standard InChI is InChI=1S/C14H16N2O/c1-11-3-2-8-16(11)10-14(17)13-6-4-12(9-15)5-7-13/h4-7,11H,2-3,8,10H2,1H3. The SMILES string of the molecule is CC1CCCN1CC(=O)c1ccc(C#N)cc1. The third-order valence-electron chi connectivity index (χ3n) is 3.37. The van der Waals surface area contributed by atoms with Crippen LogP contribution in [0.3, 0.4) is 0 Å². The average Bonchev–Trinajstić information content (AvgIpc) is 2.75. The van der Waals surface area contributed by atoms with Gasteiger partial charge in [0.05, 0.1) is 18.2 Å². The predicted octanol–water partition coefficient (Wildman–Crippen LogP) is 2.23. The molecule has 0 saturated carbocycles. The van der Waals surface area contributed by atoms with Gasteiger partial charge in [-0.1, -0.05) is 12.1 Å². The van der Waals surface area contributed by atoms with Crippen molar-refractivity contribution in [1.82, 2.24) is 4.90 Å². The second-order valence-electron chi connectivity index (χ2n) is 4.57. The minimum absolute atomic E-state index is 0.142. The van der Waals surface area contributed by atoms with Crippen molar-refractivity contribution in [3.63, 3.8) is 0 Å². The summed E-state index contributed by atoms with van der Waals surface area (Å²) in [6.07, 6.45) is 2.36. The highest BCUT2D eigenvalue weighted by molar-refractivity contribution is 5.97. The Balaban J connectivity index is 2.02. The number of carbonyl (C=O) groups is 1. The quantitative estimate of drug-likeness (QED) is 0.745. The van der Waals surface area contributed by atoms with E-state index in [0.717, 1.165) is 6.54 Å². The summed E-state index contributed by atoms with van der Waals surface area (Å²) >= 11 is 0. The summed E-state index contributed by atoms with van der Waals surface area (Å²) in [5, 5.41) is 8.69. The Kier molecular flexibility index (Phi) is 3.55. The molecular weight excluding hydrogens is 212 g/mol. The highest BCUT2D eigenvalue weighted by Crippen LogP contribution is 2.16. The molecule has 1 aromatic rings. The van der Waals surface area contributed by atoms with Crippen molar-refractivity contribution in [1.29, 1.82) is 5.26 Å². The van der Waals surface area contributed by atoms with Crippen molar-refractivity contribution in [2.75, 3.05) is 13.1 Å². The normalized spacial score (nSPS) is 20.1. The Labute approximate surface area is 102 Å². The van der Waals surface area contributed by atoms with E-state index in [1.807, 2.05) is 0 Å². The van der Waals surface area contributed by atoms with E-state index in [1.54, 1.807) is 24.3 Å². The molecule has 0 N–H and O–H groups in total.